The van der Waals surface area contributed by atoms with Crippen molar-refractivity contribution in [1.29, 1.82) is 0 Å². The van der Waals surface area contributed by atoms with Crippen molar-refractivity contribution in [1.82, 2.24) is 4.31 Å². The fourth-order valence-corrected chi connectivity index (χ4v) is 3.54. The third-order valence-electron chi connectivity index (χ3n) is 3.38. The van der Waals surface area contributed by atoms with Gasteiger partial charge in [0.2, 0.25) is 0 Å². The van der Waals surface area contributed by atoms with E-state index in [1.54, 1.807) is 13.0 Å². The van der Waals surface area contributed by atoms with E-state index in [0.29, 0.717) is 24.3 Å². The number of nitrogens with zero attached hydrogens (tertiary/aromatic N) is 1. The van der Waals surface area contributed by atoms with Crippen molar-refractivity contribution in [3.05, 3.63) is 29.3 Å². The van der Waals surface area contributed by atoms with Crippen molar-refractivity contribution in [2.45, 2.75) is 26.2 Å². The van der Waals surface area contributed by atoms with Crippen LogP contribution in [0.15, 0.2) is 18.2 Å². The number of carboxylic acids is 1. The summed E-state index contributed by atoms with van der Waals surface area (Å²) in [6, 6.07) is 4.40. The van der Waals surface area contributed by atoms with Gasteiger partial charge in [-0.2, -0.15) is 12.7 Å². The van der Waals surface area contributed by atoms with Crippen molar-refractivity contribution in [3.8, 4) is 0 Å². The van der Waals surface area contributed by atoms with E-state index in [9.17, 15) is 13.2 Å². The van der Waals surface area contributed by atoms with Crippen molar-refractivity contribution >= 4 is 21.9 Å². The maximum Gasteiger partial charge on any atom is 0.335 e. The predicted octanol–water partition coefficient (Wildman–Crippen LogP) is 1.84. The molecule has 0 amide bonds. The van der Waals surface area contributed by atoms with Crippen molar-refractivity contribution in [2.75, 3.05) is 17.8 Å². The molecule has 1 aromatic rings. The third-order valence-corrected chi connectivity index (χ3v) is 4.90. The summed E-state index contributed by atoms with van der Waals surface area (Å²) in [5.41, 5.74) is 1.07. The minimum absolute atomic E-state index is 0.0620. The molecule has 0 spiro atoms. The second-order valence-electron chi connectivity index (χ2n) is 4.90. The standard InChI is InChI=1S/C13H18N2O4S/c1-10-5-6-11(13(16)17)9-12(10)14-20(18,19)15-7-3-2-4-8-15/h5-6,9,14H,2-4,7-8H2,1H3,(H,16,17). The maximum atomic E-state index is 12.3. The molecule has 1 aliphatic heterocycles. The van der Waals surface area contributed by atoms with Gasteiger partial charge in [-0.1, -0.05) is 12.5 Å². The van der Waals surface area contributed by atoms with Crippen LogP contribution >= 0.6 is 0 Å². The Labute approximate surface area is 118 Å². The van der Waals surface area contributed by atoms with Crippen LogP contribution in [0.4, 0.5) is 5.69 Å². The summed E-state index contributed by atoms with van der Waals surface area (Å²) in [7, 11) is -3.61. The van der Waals surface area contributed by atoms with Gasteiger partial charge in [0, 0.05) is 13.1 Å². The average molecular weight is 298 g/mol. The normalized spacial score (nSPS) is 16.9. The monoisotopic (exact) mass is 298 g/mol. The lowest BCUT2D eigenvalue weighted by atomic mass is 10.1. The van der Waals surface area contributed by atoms with E-state index in [4.69, 9.17) is 5.11 Å². The average Bonchev–Trinajstić information content (AvgIpc) is 2.42. The lowest BCUT2D eigenvalue weighted by Crippen LogP contribution is -2.39. The van der Waals surface area contributed by atoms with Gasteiger partial charge in [0.15, 0.2) is 0 Å². The molecule has 0 aliphatic carbocycles. The maximum absolute atomic E-state index is 12.3. The first-order valence-electron chi connectivity index (χ1n) is 6.52. The summed E-state index contributed by atoms with van der Waals surface area (Å²) in [5.74, 6) is -1.08. The Balaban J connectivity index is 2.24. The van der Waals surface area contributed by atoms with E-state index in [1.807, 2.05) is 0 Å². The molecule has 0 saturated carbocycles. The number of anilines is 1. The van der Waals surface area contributed by atoms with Crippen molar-refractivity contribution in [3.63, 3.8) is 0 Å². The number of aromatic carboxylic acids is 1. The SMILES string of the molecule is Cc1ccc(C(=O)O)cc1NS(=O)(=O)N1CCCCC1. The first kappa shape index (κ1) is 14.8. The molecule has 1 saturated heterocycles. The van der Waals surface area contributed by atoms with E-state index in [1.165, 1.54) is 16.4 Å². The number of hydrogen-bond acceptors (Lipinski definition) is 3. The number of nitrogens with one attached hydrogen (secondary N) is 1. The molecule has 2 N–H and O–H groups in total. The molecule has 1 aromatic carbocycles. The number of piperidine rings is 1. The third kappa shape index (κ3) is 3.29. The number of aryl methyl sites for hydroxylation is 1. The first-order valence-corrected chi connectivity index (χ1v) is 7.96. The Kier molecular flexibility index (Phi) is 4.29. The van der Waals surface area contributed by atoms with Crippen LogP contribution in [0.5, 0.6) is 0 Å². The van der Waals surface area contributed by atoms with E-state index >= 15 is 0 Å². The van der Waals surface area contributed by atoms with Gasteiger partial charge in [0.05, 0.1) is 11.3 Å². The molecule has 1 heterocycles. The summed E-state index contributed by atoms with van der Waals surface area (Å²) in [6.45, 7) is 2.75. The van der Waals surface area contributed by atoms with Crippen LogP contribution in [0.3, 0.4) is 0 Å². The topological polar surface area (TPSA) is 86.7 Å². The van der Waals surface area contributed by atoms with E-state index < -0.39 is 16.2 Å². The van der Waals surface area contributed by atoms with Crippen LogP contribution in [0.1, 0.15) is 35.2 Å². The van der Waals surface area contributed by atoms with Gasteiger partial charge >= 0.3 is 16.2 Å². The van der Waals surface area contributed by atoms with Crippen LogP contribution in [-0.4, -0.2) is 36.9 Å². The van der Waals surface area contributed by atoms with Crippen LogP contribution < -0.4 is 4.72 Å². The molecule has 7 heteroatoms. The van der Waals surface area contributed by atoms with Crippen LogP contribution in [0.2, 0.25) is 0 Å². The molecular weight excluding hydrogens is 280 g/mol. The summed E-state index contributed by atoms with van der Waals surface area (Å²) in [6.07, 6.45) is 2.75. The van der Waals surface area contributed by atoms with E-state index in [2.05, 4.69) is 4.72 Å². The molecule has 0 radical (unpaired) electrons. The van der Waals surface area contributed by atoms with Gasteiger partial charge in [0.1, 0.15) is 0 Å². The molecule has 0 aromatic heterocycles. The summed E-state index contributed by atoms with van der Waals surface area (Å²) in [4.78, 5) is 10.9. The minimum Gasteiger partial charge on any atom is -0.478 e. The quantitative estimate of drug-likeness (QED) is 0.888. The Hall–Kier alpha value is -1.60. The fraction of sp³-hybridized carbons (Fsp3) is 0.462. The number of carbonyl (C=O) groups is 1. The Bertz CT molecular complexity index is 607. The highest BCUT2D eigenvalue weighted by Crippen LogP contribution is 2.21. The Morgan fingerprint density at radius 1 is 1.25 bits per heavy atom. The van der Waals surface area contributed by atoms with Crippen molar-refractivity contribution < 1.29 is 18.3 Å². The lowest BCUT2D eigenvalue weighted by Gasteiger charge is -2.26. The highest BCUT2D eigenvalue weighted by atomic mass is 32.2. The van der Waals surface area contributed by atoms with Crippen LogP contribution in [0.25, 0.3) is 0 Å². The zero-order valence-electron chi connectivity index (χ0n) is 11.3. The largest absolute Gasteiger partial charge is 0.478 e. The van der Waals surface area contributed by atoms with Gasteiger partial charge in [-0.3, -0.25) is 4.72 Å². The number of benzene rings is 1. The van der Waals surface area contributed by atoms with Crippen molar-refractivity contribution in [2.24, 2.45) is 0 Å². The second-order valence-corrected chi connectivity index (χ2v) is 6.57. The van der Waals surface area contributed by atoms with E-state index in [0.717, 1.165) is 19.3 Å². The first-order chi connectivity index (χ1) is 9.40. The molecule has 20 heavy (non-hydrogen) atoms. The van der Waals surface area contributed by atoms with Gasteiger partial charge in [-0.05, 0) is 37.5 Å². The molecular formula is C13H18N2O4S. The zero-order chi connectivity index (χ0) is 14.8. The molecule has 0 bridgehead atoms. The number of hydrogen-bond donors (Lipinski definition) is 2. The molecule has 0 unspecified atom stereocenters. The molecule has 1 aliphatic rings. The molecule has 2 rings (SSSR count). The van der Waals surface area contributed by atoms with Gasteiger partial charge in [0.25, 0.3) is 0 Å². The number of rotatable bonds is 4. The molecule has 0 atom stereocenters. The smallest absolute Gasteiger partial charge is 0.335 e. The summed E-state index contributed by atoms with van der Waals surface area (Å²) >= 11 is 0. The van der Waals surface area contributed by atoms with Gasteiger partial charge < -0.3 is 5.11 Å². The summed E-state index contributed by atoms with van der Waals surface area (Å²) in [5, 5.41) is 8.96. The lowest BCUT2D eigenvalue weighted by molar-refractivity contribution is 0.0697. The molecule has 1 fully saturated rings. The van der Waals surface area contributed by atoms with Gasteiger partial charge in [-0.25, -0.2) is 4.79 Å². The zero-order valence-corrected chi connectivity index (χ0v) is 12.1. The Morgan fingerprint density at radius 2 is 1.90 bits per heavy atom. The number of carboxylic acid groups (broad SMARTS) is 1. The predicted molar refractivity (Wildman–Crippen MR) is 76.1 cm³/mol. The Morgan fingerprint density at radius 3 is 2.50 bits per heavy atom. The van der Waals surface area contributed by atoms with Gasteiger partial charge in [-0.15, -0.1) is 0 Å². The highest BCUT2D eigenvalue weighted by Gasteiger charge is 2.24. The highest BCUT2D eigenvalue weighted by molar-refractivity contribution is 7.90. The minimum atomic E-state index is -3.61. The fourth-order valence-electron chi connectivity index (χ4n) is 2.17. The van der Waals surface area contributed by atoms with E-state index in [-0.39, 0.29) is 5.56 Å². The molecule has 110 valence electrons. The van der Waals surface area contributed by atoms with Crippen LogP contribution in [0, 0.1) is 6.92 Å². The van der Waals surface area contributed by atoms with Crippen LogP contribution in [-0.2, 0) is 10.2 Å². The summed E-state index contributed by atoms with van der Waals surface area (Å²) < 4.78 is 28.4. The second kappa shape index (κ2) is 5.80. The molecule has 6 nitrogen and oxygen atoms in total.